The smallest absolute Gasteiger partial charge is 0.161 e. The van der Waals surface area contributed by atoms with Gasteiger partial charge in [0.2, 0.25) is 0 Å². The van der Waals surface area contributed by atoms with Crippen molar-refractivity contribution in [3.8, 4) is 0 Å². The van der Waals surface area contributed by atoms with Gasteiger partial charge in [0, 0.05) is 18.0 Å². The molecule has 2 fully saturated rings. The molecule has 0 aromatic rings. The molecule has 2 saturated heterocycles. The van der Waals surface area contributed by atoms with Gasteiger partial charge in [0.05, 0.1) is 13.2 Å². The molecule has 90 valence electrons. The third-order valence-corrected chi connectivity index (χ3v) is 3.74. The van der Waals surface area contributed by atoms with Crippen LogP contribution in [0.3, 0.4) is 0 Å². The van der Waals surface area contributed by atoms with Gasteiger partial charge in [0.1, 0.15) is 0 Å². The van der Waals surface area contributed by atoms with E-state index in [4.69, 9.17) is 4.74 Å². The minimum absolute atomic E-state index is 0.204. The van der Waals surface area contributed by atoms with E-state index >= 15 is 0 Å². The molecule has 2 heterocycles. The molecule has 0 radical (unpaired) electrons. The lowest BCUT2D eigenvalue weighted by Gasteiger charge is -2.39. The summed E-state index contributed by atoms with van der Waals surface area (Å²) in [6.07, 6.45) is 1.86. The molecule has 16 heavy (non-hydrogen) atoms. The van der Waals surface area contributed by atoms with Crippen molar-refractivity contribution in [3.63, 3.8) is 0 Å². The number of carbonyl (C=O) groups excluding carboxylic acids is 1. The van der Waals surface area contributed by atoms with E-state index in [0.29, 0.717) is 17.9 Å². The molecule has 2 unspecified atom stereocenters. The number of ketones is 1. The van der Waals surface area contributed by atoms with Crippen LogP contribution >= 0.6 is 0 Å². The summed E-state index contributed by atoms with van der Waals surface area (Å²) >= 11 is 0. The van der Waals surface area contributed by atoms with Crippen LogP contribution in [0.4, 0.5) is 0 Å². The monoisotopic (exact) mass is 223 g/mol. The number of Topliss-reactive ketones (excluding diaryl/α,β-unsaturated/α-hetero) is 1. The number of hydrogen-bond donors (Lipinski definition) is 1. The van der Waals surface area contributed by atoms with Crippen LogP contribution in [0.5, 0.6) is 0 Å². The Balaban J connectivity index is 2.06. The van der Waals surface area contributed by atoms with Crippen LogP contribution in [-0.2, 0) is 9.53 Å². The number of hydrogen-bond acceptors (Lipinski definition) is 3. The molecule has 0 aliphatic carbocycles. The Morgan fingerprint density at radius 2 is 1.69 bits per heavy atom. The van der Waals surface area contributed by atoms with Crippen LogP contribution in [0.25, 0.3) is 0 Å². The first-order chi connectivity index (χ1) is 7.58. The summed E-state index contributed by atoms with van der Waals surface area (Å²) in [6, 6.07) is 0.762. The molecule has 2 rings (SSSR count). The van der Waals surface area contributed by atoms with E-state index in [9.17, 15) is 4.79 Å². The summed E-state index contributed by atoms with van der Waals surface area (Å²) in [5.74, 6) is 0.549. The molecule has 3 nitrogen and oxygen atoms in total. The molecule has 0 aromatic heterocycles. The second-order valence-electron chi connectivity index (χ2n) is 5.26. The zero-order valence-electron chi connectivity index (χ0n) is 10.4. The van der Waals surface area contributed by atoms with Crippen LogP contribution in [0.1, 0.15) is 33.6 Å². The summed E-state index contributed by atoms with van der Waals surface area (Å²) in [7, 11) is 0. The van der Waals surface area contributed by atoms with Gasteiger partial charge >= 0.3 is 0 Å². The largest absolute Gasteiger partial charge is 0.378 e. The molecule has 0 aromatic carbocycles. The number of fused-ring (bicyclic) bond motifs is 2. The normalized spacial score (nSPS) is 33.3. The van der Waals surface area contributed by atoms with Crippen molar-refractivity contribution in [2.75, 3.05) is 13.2 Å². The van der Waals surface area contributed by atoms with Crippen molar-refractivity contribution in [1.29, 1.82) is 0 Å². The topological polar surface area (TPSA) is 38.3 Å². The molecule has 0 spiro atoms. The van der Waals surface area contributed by atoms with Crippen molar-refractivity contribution >= 4 is 5.78 Å². The van der Waals surface area contributed by atoms with Crippen molar-refractivity contribution in [3.05, 3.63) is 11.1 Å². The van der Waals surface area contributed by atoms with Crippen LogP contribution in [0.2, 0.25) is 0 Å². The van der Waals surface area contributed by atoms with Crippen LogP contribution in [0.15, 0.2) is 11.1 Å². The molecule has 2 atom stereocenters. The fraction of sp³-hybridized carbons (Fsp3) is 0.769. The zero-order chi connectivity index (χ0) is 11.7. The number of allylic oxidation sites excluding steroid dienone is 2. The molecule has 2 aliphatic heterocycles. The van der Waals surface area contributed by atoms with E-state index in [-0.39, 0.29) is 5.92 Å². The number of ether oxygens (including phenoxy) is 1. The average Bonchev–Trinajstić information content (AvgIpc) is 2.26. The second kappa shape index (κ2) is 4.68. The highest BCUT2D eigenvalue weighted by atomic mass is 16.5. The van der Waals surface area contributed by atoms with Crippen molar-refractivity contribution in [2.45, 2.75) is 45.7 Å². The van der Waals surface area contributed by atoms with Gasteiger partial charge in [0.15, 0.2) is 5.78 Å². The van der Waals surface area contributed by atoms with E-state index in [1.54, 1.807) is 0 Å². The Bertz CT molecular complexity index is 306. The number of carbonyl (C=O) groups is 1. The number of morpholine rings is 1. The molecular formula is C13H21NO2. The summed E-state index contributed by atoms with van der Waals surface area (Å²) in [6.45, 7) is 7.49. The predicted molar refractivity (Wildman–Crippen MR) is 63.3 cm³/mol. The molecule has 0 saturated carbocycles. The van der Waals surface area contributed by atoms with Crippen LogP contribution in [0, 0.1) is 5.92 Å². The van der Waals surface area contributed by atoms with Gasteiger partial charge in [-0.3, -0.25) is 4.79 Å². The summed E-state index contributed by atoms with van der Waals surface area (Å²) in [4.78, 5) is 12.2. The minimum Gasteiger partial charge on any atom is -0.378 e. The van der Waals surface area contributed by atoms with Gasteiger partial charge in [-0.15, -0.1) is 0 Å². The highest BCUT2D eigenvalue weighted by Crippen LogP contribution is 2.27. The maximum atomic E-state index is 12.2. The van der Waals surface area contributed by atoms with Gasteiger partial charge in [-0.25, -0.2) is 0 Å². The lowest BCUT2D eigenvalue weighted by molar-refractivity contribution is -0.122. The lowest BCUT2D eigenvalue weighted by Crippen LogP contribution is -2.55. The molecule has 2 bridgehead atoms. The Morgan fingerprint density at radius 3 is 2.19 bits per heavy atom. The Kier molecular flexibility index (Phi) is 3.45. The van der Waals surface area contributed by atoms with Crippen LogP contribution in [-0.4, -0.2) is 31.1 Å². The number of piperidine rings is 1. The molecule has 0 amide bonds. The predicted octanol–water partition coefficient (Wildman–Crippen LogP) is 1.68. The lowest BCUT2D eigenvalue weighted by atomic mass is 9.81. The van der Waals surface area contributed by atoms with E-state index in [1.165, 1.54) is 0 Å². The zero-order valence-corrected chi connectivity index (χ0v) is 10.4. The van der Waals surface area contributed by atoms with Gasteiger partial charge in [-0.2, -0.15) is 0 Å². The van der Waals surface area contributed by atoms with Crippen molar-refractivity contribution in [1.82, 2.24) is 5.32 Å². The maximum Gasteiger partial charge on any atom is 0.161 e. The Morgan fingerprint density at radius 1 is 1.12 bits per heavy atom. The number of rotatable bonds is 2. The SMILES string of the molecule is CC(C)=C(C)C(=O)C1CC2COCC(C1)N2. The first-order valence-electron chi connectivity index (χ1n) is 6.10. The number of nitrogens with one attached hydrogen (secondary N) is 1. The quantitative estimate of drug-likeness (QED) is 0.724. The summed E-state index contributed by atoms with van der Waals surface area (Å²) in [5, 5.41) is 3.51. The van der Waals surface area contributed by atoms with Crippen molar-refractivity contribution < 1.29 is 9.53 Å². The second-order valence-corrected chi connectivity index (χ2v) is 5.26. The molecule has 2 aliphatic rings. The standard InChI is InChI=1S/C13H21NO2/c1-8(2)9(3)13(15)10-4-11-6-16-7-12(5-10)14-11/h10-12,14H,4-7H2,1-3H3. The highest BCUT2D eigenvalue weighted by Gasteiger charge is 2.35. The fourth-order valence-corrected chi connectivity index (χ4v) is 2.60. The first-order valence-corrected chi connectivity index (χ1v) is 6.10. The maximum absolute atomic E-state index is 12.2. The summed E-state index contributed by atoms with van der Waals surface area (Å²) in [5.41, 5.74) is 2.09. The van der Waals surface area contributed by atoms with Crippen LogP contribution < -0.4 is 5.32 Å². The highest BCUT2D eigenvalue weighted by molar-refractivity contribution is 5.97. The van der Waals surface area contributed by atoms with Crippen molar-refractivity contribution in [2.24, 2.45) is 5.92 Å². The van der Waals surface area contributed by atoms with E-state index < -0.39 is 0 Å². The van der Waals surface area contributed by atoms with E-state index in [0.717, 1.165) is 37.2 Å². The molecule has 1 N–H and O–H groups in total. The summed E-state index contributed by atoms with van der Waals surface area (Å²) < 4.78 is 5.49. The first kappa shape index (κ1) is 11.8. The molecule has 3 heteroatoms. The molecular weight excluding hydrogens is 202 g/mol. The third kappa shape index (κ3) is 2.36. The van der Waals surface area contributed by atoms with E-state index in [2.05, 4.69) is 5.32 Å². The average molecular weight is 223 g/mol. The van der Waals surface area contributed by atoms with Gasteiger partial charge in [-0.1, -0.05) is 5.57 Å². The fourth-order valence-electron chi connectivity index (χ4n) is 2.60. The van der Waals surface area contributed by atoms with Gasteiger partial charge in [0.25, 0.3) is 0 Å². The van der Waals surface area contributed by atoms with E-state index in [1.807, 2.05) is 20.8 Å². The van der Waals surface area contributed by atoms with Gasteiger partial charge in [-0.05, 0) is 39.2 Å². The van der Waals surface area contributed by atoms with Gasteiger partial charge < -0.3 is 10.1 Å². The third-order valence-electron chi connectivity index (χ3n) is 3.74. The minimum atomic E-state index is 0.204. The Hall–Kier alpha value is -0.670. The Labute approximate surface area is 97.2 Å².